The second-order valence-corrected chi connectivity index (χ2v) is 2.68. The summed E-state index contributed by atoms with van der Waals surface area (Å²) < 4.78 is 0. The van der Waals surface area contributed by atoms with Crippen molar-refractivity contribution in [3.63, 3.8) is 0 Å². The first kappa shape index (κ1) is 7.51. The third-order valence-electron chi connectivity index (χ3n) is 2.20. The Balaban J connectivity index is 0.000000405. The van der Waals surface area contributed by atoms with E-state index in [4.69, 9.17) is 0 Å². The molecule has 0 spiro atoms. The molecule has 9 heavy (non-hydrogen) atoms. The normalized spacial score (nSPS) is 40.0. The number of rotatable bonds is 0. The Morgan fingerprint density at radius 2 is 0.778 bits per heavy atom. The van der Waals surface area contributed by atoms with Gasteiger partial charge in [-0.25, -0.2) is 0 Å². The van der Waals surface area contributed by atoms with Crippen LogP contribution in [0.2, 0.25) is 0 Å². The molecule has 3 heteroatoms. The first-order valence-corrected chi connectivity index (χ1v) is 3.40. The molecule has 3 fully saturated rings. The lowest BCUT2D eigenvalue weighted by molar-refractivity contribution is 0.0647. The van der Waals surface area contributed by atoms with Crippen molar-refractivity contribution in [2.24, 2.45) is 0 Å². The molecular formula is C6H12BrN2. The summed E-state index contributed by atoms with van der Waals surface area (Å²) in [6, 6.07) is 0. The highest BCUT2D eigenvalue weighted by molar-refractivity contribution is 8.93. The van der Waals surface area contributed by atoms with E-state index in [1.807, 2.05) is 0 Å². The van der Waals surface area contributed by atoms with E-state index in [1.165, 1.54) is 39.3 Å². The van der Waals surface area contributed by atoms with E-state index >= 15 is 0 Å². The average Bonchev–Trinajstić information content (AvgIpc) is 1.92. The van der Waals surface area contributed by atoms with Gasteiger partial charge in [0.15, 0.2) is 0 Å². The van der Waals surface area contributed by atoms with Crippen LogP contribution in [0, 0.1) is 0 Å². The number of piperazine rings is 3. The number of halogens is 1. The molecule has 3 saturated heterocycles. The third-order valence-corrected chi connectivity index (χ3v) is 2.20. The smallest absolute Gasteiger partial charge is 0.0110 e. The largest absolute Gasteiger partial charge is 0.300 e. The maximum Gasteiger partial charge on any atom is 0.0110 e. The first-order valence-electron chi connectivity index (χ1n) is 3.40. The maximum atomic E-state index is 2.54. The van der Waals surface area contributed by atoms with E-state index in [-0.39, 0.29) is 17.0 Å². The second-order valence-electron chi connectivity index (χ2n) is 2.68. The Morgan fingerprint density at radius 3 is 0.889 bits per heavy atom. The first-order chi connectivity index (χ1) is 3.95. The highest BCUT2D eigenvalue weighted by Gasteiger charge is 2.21. The van der Waals surface area contributed by atoms with Crippen molar-refractivity contribution in [3.05, 3.63) is 0 Å². The van der Waals surface area contributed by atoms with Gasteiger partial charge in [0.2, 0.25) is 0 Å². The lowest BCUT2D eigenvalue weighted by Crippen LogP contribution is -2.55. The minimum absolute atomic E-state index is 0. The van der Waals surface area contributed by atoms with E-state index in [1.54, 1.807) is 0 Å². The molecule has 3 aliphatic heterocycles. The summed E-state index contributed by atoms with van der Waals surface area (Å²) in [5, 5.41) is 0. The van der Waals surface area contributed by atoms with Crippen LogP contribution in [-0.2, 0) is 0 Å². The fraction of sp³-hybridized carbons (Fsp3) is 1.00. The fourth-order valence-corrected chi connectivity index (χ4v) is 1.52. The van der Waals surface area contributed by atoms with Crippen molar-refractivity contribution in [2.45, 2.75) is 0 Å². The van der Waals surface area contributed by atoms with Crippen LogP contribution >= 0.6 is 17.0 Å². The molecule has 53 valence electrons. The molecule has 0 unspecified atom stereocenters. The lowest BCUT2D eigenvalue weighted by atomic mass is 10.2. The molecule has 3 aliphatic rings. The van der Waals surface area contributed by atoms with Gasteiger partial charge in [0.1, 0.15) is 0 Å². The number of hydrogen-bond acceptors (Lipinski definition) is 2. The Kier molecular flexibility index (Phi) is 2.50. The van der Waals surface area contributed by atoms with E-state index < -0.39 is 0 Å². The number of hydrogen-bond donors (Lipinski definition) is 0. The SMILES string of the molecule is C1CN2CCN1CC2.[Br]. The minimum atomic E-state index is 0. The number of nitrogens with zero attached hydrogens (tertiary/aromatic N) is 2. The Bertz CT molecular complexity index is 66.0. The predicted molar refractivity (Wildman–Crippen MR) is 41.8 cm³/mol. The van der Waals surface area contributed by atoms with Crippen LogP contribution in [0.25, 0.3) is 0 Å². The molecule has 2 nitrogen and oxygen atoms in total. The zero-order valence-electron chi connectivity index (χ0n) is 5.52. The van der Waals surface area contributed by atoms with Crippen molar-refractivity contribution in [3.8, 4) is 0 Å². The zero-order chi connectivity index (χ0) is 5.40. The Labute approximate surface area is 66.6 Å². The van der Waals surface area contributed by atoms with Crippen LogP contribution in [0.1, 0.15) is 0 Å². The van der Waals surface area contributed by atoms with E-state index in [0.29, 0.717) is 0 Å². The summed E-state index contributed by atoms with van der Waals surface area (Å²) in [6.45, 7) is 7.92. The molecule has 0 aromatic rings. The van der Waals surface area contributed by atoms with Crippen molar-refractivity contribution in [1.29, 1.82) is 0 Å². The summed E-state index contributed by atoms with van der Waals surface area (Å²) in [5.74, 6) is 0. The van der Waals surface area contributed by atoms with Crippen molar-refractivity contribution < 1.29 is 0 Å². The van der Waals surface area contributed by atoms with E-state index in [9.17, 15) is 0 Å². The minimum Gasteiger partial charge on any atom is -0.300 e. The van der Waals surface area contributed by atoms with Gasteiger partial charge in [-0.3, -0.25) is 9.80 Å². The fourth-order valence-electron chi connectivity index (χ4n) is 1.52. The van der Waals surface area contributed by atoms with Gasteiger partial charge < -0.3 is 0 Å². The van der Waals surface area contributed by atoms with Crippen molar-refractivity contribution in [1.82, 2.24) is 9.80 Å². The van der Waals surface area contributed by atoms with E-state index in [2.05, 4.69) is 9.80 Å². The molecule has 0 aromatic heterocycles. The predicted octanol–water partition coefficient (Wildman–Crippen LogP) is 0.463. The summed E-state index contributed by atoms with van der Waals surface area (Å²) >= 11 is 0. The molecule has 3 rings (SSSR count). The van der Waals surface area contributed by atoms with Crippen LogP contribution < -0.4 is 0 Å². The Hall–Kier alpha value is 0.400. The summed E-state index contributed by atoms with van der Waals surface area (Å²) in [6.07, 6.45) is 0. The zero-order valence-corrected chi connectivity index (χ0v) is 7.10. The van der Waals surface area contributed by atoms with Gasteiger partial charge >= 0.3 is 0 Å². The molecule has 3 heterocycles. The van der Waals surface area contributed by atoms with Crippen LogP contribution in [0.4, 0.5) is 0 Å². The molecule has 1 radical (unpaired) electrons. The summed E-state index contributed by atoms with van der Waals surface area (Å²) in [7, 11) is 0. The molecule has 0 amide bonds. The standard InChI is InChI=1S/C6H12N2.Br/c1-2-8-5-3-7(1)4-6-8;/h1-6H2;. The van der Waals surface area contributed by atoms with Gasteiger partial charge in [-0.15, -0.1) is 0 Å². The van der Waals surface area contributed by atoms with Gasteiger partial charge in [-0.2, -0.15) is 0 Å². The molecule has 0 aliphatic carbocycles. The highest BCUT2D eigenvalue weighted by Crippen LogP contribution is 2.06. The topological polar surface area (TPSA) is 6.48 Å². The third kappa shape index (κ3) is 1.45. The van der Waals surface area contributed by atoms with Crippen LogP contribution in [-0.4, -0.2) is 49.1 Å². The van der Waals surface area contributed by atoms with Gasteiger partial charge in [-0.1, -0.05) is 0 Å². The highest BCUT2D eigenvalue weighted by atomic mass is 79.9. The molecular weight excluding hydrogens is 180 g/mol. The molecule has 0 aromatic carbocycles. The van der Waals surface area contributed by atoms with E-state index in [0.717, 1.165) is 0 Å². The lowest BCUT2D eigenvalue weighted by Gasteiger charge is -2.41. The van der Waals surface area contributed by atoms with Gasteiger partial charge in [-0.05, 0) is 0 Å². The second kappa shape index (κ2) is 2.99. The van der Waals surface area contributed by atoms with Crippen LogP contribution in [0.5, 0.6) is 0 Å². The average molecular weight is 192 g/mol. The molecule has 0 N–H and O–H groups in total. The summed E-state index contributed by atoms with van der Waals surface area (Å²) in [5.41, 5.74) is 0. The van der Waals surface area contributed by atoms with Crippen molar-refractivity contribution >= 4 is 17.0 Å². The molecule has 0 atom stereocenters. The summed E-state index contributed by atoms with van der Waals surface area (Å²) in [4.78, 5) is 5.08. The van der Waals surface area contributed by atoms with Crippen molar-refractivity contribution in [2.75, 3.05) is 39.3 Å². The van der Waals surface area contributed by atoms with Crippen LogP contribution in [0.15, 0.2) is 0 Å². The van der Waals surface area contributed by atoms with Gasteiger partial charge in [0.25, 0.3) is 0 Å². The maximum absolute atomic E-state index is 2.54. The van der Waals surface area contributed by atoms with Gasteiger partial charge in [0.05, 0.1) is 0 Å². The van der Waals surface area contributed by atoms with Crippen LogP contribution in [0.3, 0.4) is 0 Å². The molecule has 0 saturated carbocycles. The van der Waals surface area contributed by atoms with Gasteiger partial charge in [0, 0.05) is 56.2 Å². The number of fused-ring (bicyclic) bond motifs is 3. The Morgan fingerprint density at radius 1 is 0.556 bits per heavy atom. The quantitative estimate of drug-likeness (QED) is 0.550. The monoisotopic (exact) mass is 191 g/mol. The molecule has 2 bridgehead atoms.